The second-order valence-corrected chi connectivity index (χ2v) is 9.08. The van der Waals surface area contributed by atoms with E-state index in [4.69, 9.17) is 4.65 Å². The third-order valence-electron chi connectivity index (χ3n) is 6.21. The van der Waals surface area contributed by atoms with Gasteiger partial charge in [0, 0.05) is 18.5 Å². The van der Waals surface area contributed by atoms with Crippen molar-refractivity contribution in [1.82, 2.24) is 15.5 Å². The number of hydrogen-bond donors (Lipinski definition) is 4. The minimum absolute atomic E-state index is 0.0486. The molecule has 0 aromatic heterocycles. The number of amides is 2. The SMILES string of the molecule is CN(C)CC(=O)NCC1CCC(CC(=O)N[C@H]2Cc3cccc(CO)c3OB2O)CC1. The summed E-state index contributed by atoms with van der Waals surface area (Å²) < 4.78 is 5.58. The summed E-state index contributed by atoms with van der Waals surface area (Å²) in [5.74, 6) is 0.778. The molecule has 9 heteroatoms. The number of aliphatic hydroxyl groups is 1. The van der Waals surface area contributed by atoms with E-state index in [0.717, 1.165) is 31.2 Å². The molecular formula is C22H34BN3O5. The molecule has 0 radical (unpaired) electrons. The Morgan fingerprint density at radius 3 is 2.55 bits per heavy atom. The van der Waals surface area contributed by atoms with Crippen molar-refractivity contribution in [1.29, 1.82) is 0 Å². The molecule has 1 saturated carbocycles. The molecule has 31 heavy (non-hydrogen) atoms. The Kier molecular flexibility index (Phi) is 8.34. The van der Waals surface area contributed by atoms with Crippen LogP contribution in [0.25, 0.3) is 0 Å². The average molecular weight is 431 g/mol. The molecule has 0 saturated heterocycles. The standard InChI is InChI=1S/C22H34BN3O5/c1-26(2)13-21(29)24-12-16-8-6-15(7-9-16)10-20(28)25-19-11-17-4-3-5-18(14-27)22(17)31-23(19)30/h3-5,15-16,19,27,30H,6-14H2,1-2H3,(H,24,29)(H,25,28)/t15?,16?,19-/m0/s1. The van der Waals surface area contributed by atoms with E-state index in [2.05, 4.69) is 10.6 Å². The van der Waals surface area contributed by atoms with Crippen molar-refractivity contribution in [2.24, 2.45) is 11.8 Å². The van der Waals surface area contributed by atoms with E-state index in [-0.39, 0.29) is 18.4 Å². The van der Waals surface area contributed by atoms with Gasteiger partial charge < -0.3 is 30.3 Å². The van der Waals surface area contributed by atoms with Crippen LogP contribution >= 0.6 is 0 Å². The van der Waals surface area contributed by atoms with Crippen LogP contribution in [0, 0.1) is 11.8 Å². The third-order valence-corrected chi connectivity index (χ3v) is 6.21. The first-order chi connectivity index (χ1) is 14.9. The van der Waals surface area contributed by atoms with Gasteiger partial charge in [0.05, 0.1) is 19.1 Å². The minimum atomic E-state index is -1.13. The number of hydrogen-bond acceptors (Lipinski definition) is 6. The van der Waals surface area contributed by atoms with E-state index >= 15 is 0 Å². The zero-order chi connectivity index (χ0) is 22.4. The Morgan fingerprint density at radius 2 is 1.87 bits per heavy atom. The summed E-state index contributed by atoms with van der Waals surface area (Å²) in [7, 11) is 2.62. The lowest BCUT2D eigenvalue weighted by Crippen LogP contribution is -2.53. The van der Waals surface area contributed by atoms with Crippen LogP contribution in [-0.4, -0.2) is 67.1 Å². The van der Waals surface area contributed by atoms with Crippen LogP contribution in [0.15, 0.2) is 18.2 Å². The molecule has 1 fully saturated rings. The Morgan fingerprint density at radius 1 is 1.16 bits per heavy atom. The van der Waals surface area contributed by atoms with E-state index in [9.17, 15) is 19.7 Å². The number of nitrogens with one attached hydrogen (secondary N) is 2. The zero-order valence-corrected chi connectivity index (χ0v) is 18.5. The van der Waals surface area contributed by atoms with Gasteiger partial charge >= 0.3 is 7.12 Å². The quantitative estimate of drug-likeness (QED) is 0.446. The summed E-state index contributed by atoms with van der Waals surface area (Å²) in [6.45, 7) is 0.944. The summed E-state index contributed by atoms with van der Waals surface area (Å²) in [5, 5.41) is 25.7. The maximum absolute atomic E-state index is 12.6. The molecule has 8 nitrogen and oxygen atoms in total. The molecule has 170 valence electrons. The Labute approximate surface area is 184 Å². The molecule has 1 heterocycles. The fraction of sp³-hybridized carbons (Fsp3) is 0.636. The van der Waals surface area contributed by atoms with Crippen molar-refractivity contribution in [2.45, 2.75) is 51.1 Å². The monoisotopic (exact) mass is 431 g/mol. The minimum Gasteiger partial charge on any atom is -0.534 e. The number of para-hydroxylation sites is 1. The number of carbonyl (C=O) groups excluding carboxylic acids is 2. The van der Waals surface area contributed by atoms with Gasteiger partial charge in [-0.05, 0) is 63.6 Å². The van der Waals surface area contributed by atoms with Crippen LogP contribution in [-0.2, 0) is 22.6 Å². The molecule has 0 bridgehead atoms. The van der Waals surface area contributed by atoms with E-state index in [1.54, 1.807) is 6.07 Å². The van der Waals surface area contributed by atoms with Crippen molar-refractivity contribution < 1.29 is 24.4 Å². The van der Waals surface area contributed by atoms with Crippen LogP contribution < -0.4 is 15.3 Å². The Balaban J connectivity index is 1.41. The fourth-order valence-electron chi connectivity index (χ4n) is 4.51. The van der Waals surface area contributed by atoms with Crippen LogP contribution in [0.1, 0.15) is 43.2 Å². The van der Waals surface area contributed by atoms with E-state index in [0.29, 0.717) is 49.1 Å². The summed E-state index contributed by atoms with van der Waals surface area (Å²) in [6, 6.07) is 5.48. The molecular weight excluding hydrogens is 397 g/mol. The van der Waals surface area contributed by atoms with Gasteiger partial charge in [-0.15, -0.1) is 0 Å². The molecule has 1 atom stereocenters. The van der Waals surface area contributed by atoms with E-state index in [1.165, 1.54) is 0 Å². The van der Waals surface area contributed by atoms with E-state index < -0.39 is 13.1 Å². The van der Waals surface area contributed by atoms with Gasteiger partial charge in [-0.1, -0.05) is 18.2 Å². The van der Waals surface area contributed by atoms with Gasteiger partial charge in [-0.2, -0.15) is 0 Å². The second kappa shape index (κ2) is 11.0. The number of aliphatic hydroxyl groups excluding tert-OH is 1. The molecule has 4 N–H and O–H groups in total. The summed E-state index contributed by atoms with van der Waals surface area (Å²) in [5.41, 5.74) is 1.51. The number of rotatable bonds is 8. The first-order valence-electron chi connectivity index (χ1n) is 11.1. The highest BCUT2D eigenvalue weighted by molar-refractivity contribution is 6.46. The number of carbonyl (C=O) groups is 2. The number of fused-ring (bicyclic) bond motifs is 1. The predicted molar refractivity (Wildman–Crippen MR) is 118 cm³/mol. The lowest BCUT2D eigenvalue weighted by Gasteiger charge is -2.31. The van der Waals surface area contributed by atoms with Crippen LogP contribution in [0.5, 0.6) is 5.75 Å². The molecule has 0 unspecified atom stereocenters. The van der Waals surface area contributed by atoms with Gasteiger partial charge in [0.1, 0.15) is 5.75 Å². The van der Waals surface area contributed by atoms with Crippen molar-refractivity contribution >= 4 is 18.9 Å². The highest BCUT2D eigenvalue weighted by Gasteiger charge is 2.37. The van der Waals surface area contributed by atoms with Crippen molar-refractivity contribution in [2.75, 3.05) is 27.2 Å². The van der Waals surface area contributed by atoms with Crippen molar-refractivity contribution in [3.8, 4) is 5.75 Å². The third kappa shape index (κ3) is 6.69. The first-order valence-corrected chi connectivity index (χ1v) is 11.1. The molecule has 2 aliphatic rings. The van der Waals surface area contributed by atoms with Gasteiger partial charge in [-0.25, -0.2) is 0 Å². The van der Waals surface area contributed by atoms with Gasteiger partial charge in [0.25, 0.3) is 0 Å². The number of likely N-dealkylation sites (N-methyl/N-ethyl adjacent to an activating group) is 1. The van der Waals surface area contributed by atoms with Gasteiger partial charge in [0.15, 0.2) is 0 Å². The molecule has 3 rings (SSSR count). The fourth-order valence-corrected chi connectivity index (χ4v) is 4.51. The van der Waals surface area contributed by atoms with Gasteiger partial charge in [0.2, 0.25) is 11.8 Å². The molecule has 2 amide bonds. The lowest BCUT2D eigenvalue weighted by atomic mass is 9.72. The smallest absolute Gasteiger partial charge is 0.534 e. The molecule has 1 aromatic carbocycles. The largest absolute Gasteiger partial charge is 0.547 e. The maximum atomic E-state index is 12.6. The maximum Gasteiger partial charge on any atom is 0.547 e. The summed E-state index contributed by atoms with van der Waals surface area (Å²) in [6.07, 6.45) is 4.85. The van der Waals surface area contributed by atoms with E-state index in [1.807, 2.05) is 31.1 Å². The molecule has 0 spiro atoms. The molecule has 1 aliphatic carbocycles. The summed E-state index contributed by atoms with van der Waals surface area (Å²) >= 11 is 0. The normalized spacial score (nSPS) is 23.1. The number of benzene rings is 1. The second-order valence-electron chi connectivity index (χ2n) is 9.08. The first kappa shape index (κ1) is 23.6. The van der Waals surface area contributed by atoms with Crippen LogP contribution in [0.2, 0.25) is 0 Å². The highest BCUT2D eigenvalue weighted by Crippen LogP contribution is 2.32. The lowest BCUT2D eigenvalue weighted by molar-refractivity contribution is -0.122. The van der Waals surface area contributed by atoms with Crippen molar-refractivity contribution in [3.05, 3.63) is 29.3 Å². The summed E-state index contributed by atoms with van der Waals surface area (Å²) in [4.78, 5) is 26.2. The number of nitrogens with zero attached hydrogens (tertiary/aromatic N) is 1. The predicted octanol–water partition coefficient (Wildman–Crippen LogP) is 0.493. The molecule has 1 aromatic rings. The zero-order valence-electron chi connectivity index (χ0n) is 18.5. The van der Waals surface area contributed by atoms with Crippen molar-refractivity contribution in [3.63, 3.8) is 0 Å². The Hall–Kier alpha value is -2.10. The van der Waals surface area contributed by atoms with Crippen LogP contribution in [0.3, 0.4) is 0 Å². The van der Waals surface area contributed by atoms with Gasteiger partial charge in [-0.3, -0.25) is 9.59 Å². The Bertz CT molecular complexity index is 768. The van der Waals surface area contributed by atoms with Crippen LogP contribution in [0.4, 0.5) is 0 Å². The molecule has 1 aliphatic heterocycles. The average Bonchev–Trinajstić information content (AvgIpc) is 2.73. The topological polar surface area (TPSA) is 111 Å². The highest BCUT2D eigenvalue weighted by atomic mass is 16.5.